The molecule has 19 heavy (non-hydrogen) atoms. The molecule has 112 valence electrons. The van der Waals surface area contributed by atoms with E-state index < -0.39 is 13.4 Å². The summed E-state index contributed by atoms with van der Waals surface area (Å²) < 4.78 is 22.5. The van der Waals surface area contributed by atoms with Crippen molar-refractivity contribution in [2.75, 3.05) is 13.2 Å². The minimum Gasteiger partial charge on any atom is -0.377 e. The fourth-order valence-electron chi connectivity index (χ4n) is 1.57. The summed E-state index contributed by atoms with van der Waals surface area (Å²) in [6.07, 6.45) is 5.44. The maximum Gasteiger partial charge on any atom is 0.362 e. The van der Waals surface area contributed by atoms with Gasteiger partial charge in [0.15, 0.2) is 5.85 Å². The van der Waals surface area contributed by atoms with E-state index in [1.165, 1.54) is 5.57 Å². The molecular weight excluding hydrogens is 263 g/mol. The fraction of sp³-hybridized carbons (Fsp3) is 0.714. The smallest absolute Gasteiger partial charge is 0.362 e. The van der Waals surface area contributed by atoms with E-state index in [9.17, 15) is 9.67 Å². The molecule has 1 atom stereocenters. The van der Waals surface area contributed by atoms with E-state index >= 15 is 0 Å². The highest BCUT2D eigenvalue weighted by molar-refractivity contribution is 7.54. The van der Waals surface area contributed by atoms with Gasteiger partial charge in [-0.3, -0.25) is 4.57 Å². The first-order valence-corrected chi connectivity index (χ1v) is 8.34. The summed E-state index contributed by atoms with van der Waals surface area (Å²) in [6, 6.07) is 0. The van der Waals surface area contributed by atoms with Crippen LogP contribution in [0.2, 0.25) is 0 Å². The minimum atomic E-state index is -3.45. The molecule has 0 saturated carbocycles. The van der Waals surface area contributed by atoms with Gasteiger partial charge in [-0.15, -0.1) is 0 Å². The highest BCUT2D eigenvalue weighted by Gasteiger charge is 2.32. The summed E-state index contributed by atoms with van der Waals surface area (Å²) in [4.78, 5) is 0. The average molecular weight is 290 g/mol. The molecule has 0 saturated heterocycles. The Kier molecular flexibility index (Phi) is 9.28. The van der Waals surface area contributed by atoms with E-state index in [4.69, 9.17) is 9.05 Å². The van der Waals surface area contributed by atoms with Gasteiger partial charge in [-0.05, 0) is 53.5 Å². The number of rotatable bonds is 9. The highest BCUT2D eigenvalue weighted by atomic mass is 31.2. The van der Waals surface area contributed by atoms with Crippen molar-refractivity contribution in [2.45, 2.75) is 53.3 Å². The predicted octanol–water partition coefficient (Wildman–Crippen LogP) is 4.26. The van der Waals surface area contributed by atoms with Crippen LogP contribution in [0.15, 0.2) is 23.3 Å². The Labute approximate surface area is 117 Å². The fourth-order valence-corrected chi connectivity index (χ4v) is 3.10. The second-order valence-electron chi connectivity index (χ2n) is 4.62. The summed E-state index contributed by atoms with van der Waals surface area (Å²) in [5.41, 5.74) is 2.24. The van der Waals surface area contributed by atoms with Crippen molar-refractivity contribution in [1.29, 1.82) is 0 Å². The molecule has 0 rings (SSSR count). The van der Waals surface area contributed by atoms with Crippen LogP contribution in [-0.4, -0.2) is 24.2 Å². The van der Waals surface area contributed by atoms with Gasteiger partial charge < -0.3 is 14.2 Å². The molecule has 1 unspecified atom stereocenters. The van der Waals surface area contributed by atoms with Crippen LogP contribution in [0.5, 0.6) is 0 Å². The van der Waals surface area contributed by atoms with Gasteiger partial charge >= 0.3 is 7.60 Å². The molecule has 4 nitrogen and oxygen atoms in total. The zero-order valence-electron chi connectivity index (χ0n) is 12.7. The third-order valence-corrected chi connectivity index (χ3v) is 4.50. The summed E-state index contributed by atoms with van der Waals surface area (Å²) in [7, 11) is -3.45. The van der Waals surface area contributed by atoms with E-state index in [0.29, 0.717) is 0 Å². The Morgan fingerprint density at radius 3 is 2.16 bits per heavy atom. The van der Waals surface area contributed by atoms with E-state index in [-0.39, 0.29) is 13.2 Å². The summed E-state index contributed by atoms with van der Waals surface area (Å²) >= 11 is 0. The molecule has 0 aliphatic heterocycles. The molecule has 0 aromatic rings. The van der Waals surface area contributed by atoms with Crippen molar-refractivity contribution in [3.8, 4) is 0 Å². The Hall–Kier alpha value is -0.410. The lowest BCUT2D eigenvalue weighted by molar-refractivity contribution is 0.168. The van der Waals surface area contributed by atoms with Gasteiger partial charge in [-0.2, -0.15) is 0 Å². The molecule has 0 aromatic heterocycles. The van der Waals surface area contributed by atoms with Crippen molar-refractivity contribution in [3.63, 3.8) is 0 Å². The van der Waals surface area contributed by atoms with E-state index in [0.717, 1.165) is 18.4 Å². The van der Waals surface area contributed by atoms with Crippen LogP contribution in [0.4, 0.5) is 0 Å². The van der Waals surface area contributed by atoms with E-state index in [1.54, 1.807) is 19.9 Å². The number of hydrogen-bond acceptors (Lipinski definition) is 4. The van der Waals surface area contributed by atoms with E-state index in [1.807, 2.05) is 20.8 Å². The molecule has 1 N–H and O–H groups in total. The zero-order valence-corrected chi connectivity index (χ0v) is 13.6. The lowest BCUT2D eigenvalue weighted by Crippen LogP contribution is -2.10. The maximum absolute atomic E-state index is 12.3. The monoisotopic (exact) mass is 290 g/mol. The average Bonchev–Trinajstić information content (AvgIpc) is 2.28. The molecule has 0 spiro atoms. The van der Waals surface area contributed by atoms with Gasteiger partial charge in [0.25, 0.3) is 0 Å². The molecule has 0 bridgehead atoms. The van der Waals surface area contributed by atoms with Crippen LogP contribution in [0, 0.1) is 0 Å². The Morgan fingerprint density at radius 1 is 1.21 bits per heavy atom. The van der Waals surface area contributed by atoms with Crippen LogP contribution < -0.4 is 0 Å². The van der Waals surface area contributed by atoms with Crippen molar-refractivity contribution < 1.29 is 18.7 Å². The largest absolute Gasteiger partial charge is 0.377 e. The molecular formula is C14H27O4P. The molecule has 0 fully saturated rings. The summed E-state index contributed by atoms with van der Waals surface area (Å²) in [6.45, 7) is 9.95. The van der Waals surface area contributed by atoms with Gasteiger partial charge in [0.2, 0.25) is 0 Å². The van der Waals surface area contributed by atoms with Crippen LogP contribution >= 0.6 is 7.60 Å². The van der Waals surface area contributed by atoms with Crippen molar-refractivity contribution >= 4 is 7.60 Å². The van der Waals surface area contributed by atoms with Gasteiger partial charge in [0.05, 0.1) is 13.2 Å². The number of aliphatic hydroxyl groups excluding tert-OH is 1. The second-order valence-corrected chi connectivity index (χ2v) is 6.75. The SMILES string of the molecule is CCOP(=O)(OCC)C(O)/C=C(\C)CCC=C(C)C. The Balaban J connectivity index is 4.64. The first kappa shape index (κ1) is 18.6. The molecule has 5 heteroatoms. The first-order chi connectivity index (χ1) is 8.85. The van der Waals surface area contributed by atoms with Crippen molar-refractivity contribution in [1.82, 2.24) is 0 Å². The summed E-state index contributed by atoms with van der Waals surface area (Å²) in [5.74, 6) is -1.20. The normalized spacial score (nSPS) is 14.3. The van der Waals surface area contributed by atoms with Crippen LogP contribution in [0.25, 0.3) is 0 Å². The predicted molar refractivity (Wildman–Crippen MR) is 79.3 cm³/mol. The number of aliphatic hydroxyl groups is 1. The maximum atomic E-state index is 12.3. The van der Waals surface area contributed by atoms with Crippen LogP contribution in [0.3, 0.4) is 0 Å². The molecule has 0 aliphatic rings. The lowest BCUT2D eigenvalue weighted by Gasteiger charge is -2.20. The third-order valence-electron chi connectivity index (χ3n) is 2.47. The van der Waals surface area contributed by atoms with Crippen molar-refractivity contribution in [3.05, 3.63) is 23.3 Å². The minimum absolute atomic E-state index is 0.249. The Bertz CT molecular complexity index is 346. The topological polar surface area (TPSA) is 55.8 Å². The van der Waals surface area contributed by atoms with E-state index in [2.05, 4.69) is 6.08 Å². The highest BCUT2D eigenvalue weighted by Crippen LogP contribution is 2.52. The molecule has 0 radical (unpaired) electrons. The quantitative estimate of drug-likeness (QED) is 0.509. The lowest BCUT2D eigenvalue weighted by atomic mass is 10.1. The van der Waals surface area contributed by atoms with Crippen LogP contribution in [0.1, 0.15) is 47.5 Å². The number of allylic oxidation sites excluding steroid dienone is 3. The number of hydrogen-bond donors (Lipinski definition) is 1. The van der Waals surface area contributed by atoms with Gasteiger partial charge in [-0.25, -0.2) is 0 Å². The molecule has 0 amide bonds. The van der Waals surface area contributed by atoms with Gasteiger partial charge in [-0.1, -0.05) is 17.2 Å². The molecule has 0 aromatic carbocycles. The summed E-state index contributed by atoms with van der Waals surface area (Å²) in [5, 5.41) is 10.0. The molecule has 0 heterocycles. The second kappa shape index (κ2) is 9.49. The van der Waals surface area contributed by atoms with Crippen LogP contribution in [-0.2, 0) is 13.6 Å². The zero-order chi connectivity index (χ0) is 14.9. The first-order valence-electron chi connectivity index (χ1n) is 6.73. The van der Waals surface area contributed by atoms with Gasteiger partial charge in [0, 0.05) is 0 Å². The van der Waals surface area contributed by atoms with Gasteiger partial charge in [0.1, 0.15) is 0 Å². The Morgan fingerprint density at radius 2 is 1.74 bits per heavy atom. The standard InChI is InChI=1S/C14H27O4P/c1-6-17-19(16,18-7-2)14(15)11-13(5)10-8-9-12(3)4/h9,11,14-15H,6-8,10H2,1-5H3/b13-11+. The molecule has 0 aliphatic carbocycles. The van der Waals surface area contributed by atoms with Crippen molar-refractivity contribution in [2.24, 2.45) is 0 Å². The third kappa shape index (κ3) is 7.68.